The third kappa shape index (κ3) is 3.85. The van der Waals surface area contributed by atoms with Gasteiger partial charge in [0.25, 0.3) is 5.91 Å². The molecule has 0 saturated carbocycles. The largest absolute Gasteiger partial charge is 0.494 e. The van der Waals surface area contributed by atoms with Crippen LogP contribution in [0.4, 0.5) is 4.39 Å². The van der Waals surface area contributed by atoms with Gasteiger partial charge in [0.1, 0.15) is 0 Å². The molecule has 0 heterocycles. The van der Waals surface area contributed by atoms with Crippen molar-refractivity contribution < 1.29 is 18.7 Å². The maximum Gasteiger partial charge on any atom is 0.253 e. The summed E-state index contributed by atoms with van der Waals surface area (Å²) in [5.74, 6) is -1.11. The zero-order chi connectivity index (χ0) is 17.0. The van der Waals surface area contributed by atoms with Crippen LogP contribution in [0.2, 0.25) is 0 Å². The number of rotatable bonds is 5. The Morgan fingerprint density at radius 3 is 2.26 bits per heavy atom. The molecule has 0 atom stereocenters. The number of nitrogens with two attached hydrogens (primary N) is 1. The van der Waals surface area contributed by atoms with E-state index in [9.17, 15) is 14.0 Å². The van der Waals surface area contributed by atoms with Gasteiger partial charge in [0.15, 0.2) is 11.6 Å². The number of hydrogen-bond acceptors (Lipinski definition) is 3. The van der Waals surface area contributed by atoms with Crippen LogP contribution in [-0.4, -0.2) is 30.9 Å². The first-order valence-electron chi connectivity index (χ1n) is 6.90. The van der Waals surface area contributed by atoms with Gasteiger partial charge in [-0.2, -0.15) is 0 Å². The number of ether oxygens (including phenoxy) is 1. The summed E-state index contributed by atoms with van der Waals surface area (Å²) >= 11 is 0. The van der Waals surface area contributed by atoms with Gasteiger partial charge in [-0.05, 0) is 42.0 Å². The molecule has 5 nitrogen and oxygen atoms in total. The van der Waals surface area contributed by atoms with Gasteiger partial charge in [0.2, 0.25) is 5.91 Å². The van der Waals surface area contributed by atoms with Gasteiger partial charge in [-0.1, -0.05) is 6.07 Å². The fraction of sp³-hybridized carbons (Fsp3) is 0.176. The molecule has 6 heteroatoms. The Morgan fingerprint density at radius 1 is 1.13 bits per heavy atom. The molecule has 2 rings (SSSR count). The van der Waals surface area contributed by atoms with Crippen molar-refractivity contribution in [3.63, 3.8) is 0 Å². The van der Waals surface area contributed by atoms with Crippen molar-refractivity contribution in [3.05, 3.63) is 65.0 Å². The van der Waals surface area contributed by atoms with E-state index in [4.69, 9.17) is 10.5 Å². The molecule has 2 amide bonds. The predicted octanol–water partition coefficient (Wildman–Crippen LogP) is 2.21. The van der Waals surface area contributed by atoms with E-state index in [1.54, 1.807) is 13.1 Å². The minimum Gasteiger partial charge on any atom is -0.494 e. The van der Waals surface area contributed by atoms with Crippen molar-refractivity contribution in [1.82, 2.24) is 4.90 Å². The van der Waals surface area contributed by atoms with Gasteiger partial charge >= 0.3 is 0 Å². The van der Waals surface area contributed by atoms with Gasteiger partial charge in [-0.15, -0.1) is 0 Å². The topological polar surface area (TPSA) is 72.6 Å². The summed E-state index contributed by atoms with van der Waals surface area (Å²) in [6.07, 6.45) is 0. The van der Waals surface area contributed by atoms with Gasteiger partial charge in [-0.25, -0.2) is 4.39 Å². The highest BCUT2D eigenvalue weighted by molar-refractivity contribution is 5.97. The van der Waals surface area contributed by atoms with Gasteiger partial charge in [0.05, 0.1) is 7.11 Å². The molecular weight excluding hydrogens is 299 g/mol. The quantitative estimate of drug-likeness (QED) is 0.919. The predicted molar refractivity (Wildman–Crippen MR) is 83.7 cm³/mol. The highest BCUT2D eigenvalue weighted by Crippen LogP contribution is 2.19. The van der Waals surface area contributed by atoms with E-state index in [0.29, 0.717) is 16.7 Å². The number of nitrogens with zero attached hydrogens (tertiary/aromatic N) is 1. The van der Waals surface area contributed by atoms with Crippen LogP contribution < -0.4 is 10.5 Å². The first kappa shape index (κ1) is 16.5. The molecule has 0 spiro atoms. The zero-order valence-corrected chi connectivity index (χ0v) is 12.9. The lowest BCUT2D eigenvalue weighted by molar-refractivity contribution is 0.0784. The minimum atomic E-state index is -0.550. The Hall–Kier alpha value is -2.89. The van der Waals surface area contributed by atoms with Crippen LogP contribution in [0.5, 0.6) is 5.75 Å². The Bertz CT molecular complexity index is 729. The third-order valence-electron chi connectivity index (χ3n) is 3.40. The summed E-state index contributed by atoms with van der Waals surface area (Å²) < 4.78 is 18.5. The number of methoxy groups -OCH3 is 1. The van der Waals surface area contributed by atoms with Crippen LogP contribution in [-0.2, 0) is 6.54 Å². The Kier molecular flexibility index (Phi) is 4.95. The molecule has 0 bridgehead atoms. The van der Waals surface area contributed by atoms with Crippen LogP contribution in [0.25, 0.3) is 0 Å². The summed E-state index contributed by atoms with van der Waals surface area (Å²) in [5.41, 5.74) is 6.56. The first-order valence-corrected chi connectivity index (χ1v) is 6.90. The Balaban J connectivity index is 2.10. The first-order chi connectivity index (χ1) is 10.9. The van der Waals surface area contributed by atoms with Crippen molar-refractivity contribution >= 4 is 11.8 Å². The highest BCUT2D eigenvalue weighted by atomic mass is 19.1. The SMILES string of the molecule is COc1ccc(CN(C)C(=O)c2ccc(C(N)=O)cc2)cc1F. The van der Waals surface area contributed by atoms with Crippen LogP contribution in [0.1, 0.15) is 26.3 Å². The maximum atomic E-state index is 13.7. The van der Waals surface area contributed by atoms with E-state index in [-0.39, 0.29) is 18.2 Å². The summed E-state index contributed by atoms with van der Waals surface area (Å²) in [7, 11) is 3.01. The molecule has 0 unspecified atom stereocenters. The number of amides is 2. The van der Waals surface area contributed by atoms with Crippen molar-refractivity contribution in [2.24, 2.45) is 5.73 Å². The second kappa shape index (κ2) is 6.91. The molecule has 0 aliphatic carbocycles. The van der Waals surface area contributed by atoms with Crippen molar-refractivity contribution in [1.29, 1.82) is 0 Å². The van der Waals surface area contributed by atoms with Crippen LogP contribution >= 0.6 is 0 Å². The van der Waals surface area contributed by atoms with Crippen molar-refractivity contribution in [2.75, 3.05) is 14.2 Å². The number of carbonyl (C=O) groups excluding carboxylic acids is 2. The molecule has 0 aliphatic heterocycles. The third-order valence-corrected chi connectivity index (χ3v) is 3.40. The highest BCUT2D eigenvalue weighted by Gasteiger charge is 2.13. The lowest BCUT2D eigenvalue weighted by Gasteiger charge is -2.18. The lowest BCUT2D eigenvalue weighted by atomic mass is 10.1. The van der Waals surface area contributed by atoms with E-state index >= 15 is 0 Å². The number of halogens is 1. The van der Waals surface area contributed by atoms with Crippen molar-refractivity contribution in [3.8, 4) is 5.75 Å². The van der Waals surface area contributed by atoms with E-state index < -0.39 is 11.7 Å². The molecule has 0 saturated heterocycles. The van der Waals surface area contributed by atoms with E-state index in [1.165, 1.54) is 48.4 Å². The summed E-state index contributed by atoms with van der Waals surface area (Å²) in [5, 5.41) is 0. The Labute approximate surface area is 133 Å². The molecule has 120 valence electrons. The normalized spacial score (nSPS) is 10.2. The van der Waals surface area contributed by atoms with Crippen LogP contribution in [0.15, 0.2) is 42.5 Å². The summed E-state index contributed by atoms with van der Waals surface area (Å²) in [6.45, 7) is 0.247. The summed E-state index contributed by atoms with van der Waals surface area (Å²) in [6, 6.07) is 10.6. The van der Waals surface area contributed by atoms with E-state index in [0.717, 1.165) is 0 Å². The molecule has 0 aliphatic rings. The number of hydrogen-bond donors (Lipinski definition) is 1. The average Bonchev–Trinajstić information content (AvgIpc) is 2.54. The van der Waals surface area contributed by atoms with Crippen molar-refractivity contribution in [2.45, 2.75) is 6.54 Å². The lowest BCUT2D eigenvalue weighted by Crippen LogP contribution is -2.26. The van der Waals surface area contributed by atoms with Crippen LogP contribution in [0, 0.1) is 5.82 Å². The van der Waals surface area contributed by atoms with Crippen LogP contribution in [0.3, 0.4) is 0 Å². The standard InChI is InChI=1S/C17H17FN2O3/c1-20(10-11-3-8-15(23-2)14(18)9-11)17(22)13-6-4-12(5-7-13)16(19)21/h3-9H,10H2,1-2H3,(H2,19,21). The van der Waals surface area contributed by atoms with Gasteiger partial charge in [0, 0.05) is 24.7 Å². The molecule has 2 N–H and O–H groups in total. The smallest absolute Gasteiger partial charge is 0.253 e. The molecule has 23 heavy (non-hydrogen) atoms. The molecule has 0 fully saturated rings. The second-order valence-electron chi connectivity index (χ2n) is 5.07. The number of primary amides is 1. The molecular formula is C17H17FN2O3. The van der Waals surface area contributed by atoms with E-state index in [1.807, 2.05) is 0 Å². The monoisotopic (exact) mass is 316 g/mol. The molecule has 2 aromatic carbocycles. The molecule has 0 aromatic heterocycles. The van der Waals surface area contributed by atoms with E-state index in [2.05, 4.69) is 0 Å². The fourth-order valence-corrected chi connectivity index (χ4v) is 2.15. The zero-order valence-electron chi connectivity index (χ0n) is 12.9. The fourth-order valence-electron chi connectivity index (χ4n) is 2.15. The molecule has 2 aromatic rings. The maximum absolute atomic E-state index is 13.7. The Morgan fingerprint density at radius 2 is 1.74 bits per heavy atom. The summed E-state index contributed by atoms with van der Waals surface area (Å²) in [4.78, 5) is 24.8. The number of benzene rings is 2. The molecule has 0 radical (unpaired) electrons. The van der Waals surface area contributed by atoms with Gasteiger partial charge in [-0.3, -0.25) is 9.59 Å². The average molecular weight is 316 g/mol. The minimum absolute atomic E-state index is 0.157. The number of carbonyl (C=O) groups is 2. The van der Waals surface area contributed by atoms with Gasteiger partial charge < -0.3 is 15.4 Å². The second-order valence-corrected chi connectivity index (χ2v) is 5.07.